The molecule has 1 aromatic carbocycles. The minimum atomic E-state index is -0.729. The highest BCUT2D eigenvalue weighted by Crippen LogP contribution is 2.26. The Labute approximate surface area is 102 Å². The Bertz CT molecular complexity index is 361. The third kappa shape index (κ3) is 2.99. The van der Waals surface area contributed by atoms with Crippen molar-refractivity contribution in [3.8, 4) is 5.75 Å². The van der Waals surface area contributed by atoms with Crippen LogP contribution in [0.5, 0.6) is 5.75 Å². The van der Waals surface area contributed by atoms with E-state index < -0.39 is 5.60 Å². The van der Waals surface area contributed by atoms with Gasteiger partial charge in [-0.3, -0.25) is 0 Å². The Morgan fingerprint density at radius 1 is 1.24 bits per heavy atom. The third-order valence-electron chi connectivity index (χ3n) is 3.32. The maximum Gasteiger partial charge on any atom is 0.125 e. The lowest BCUT2D eigenvalue weighted by Gasteiger charge is -2.32. The summed E-state index contributed by atoms with van der Waals surface area (Å²) in [7, 11) is 0. The van der Waals surface area contributed by atoms with Crippen molar-refractivity contribution in [1.82, 2.24) is 0 Å². The van der Waals surface area contributed by atoms with Gasteiger partial charge in [0.15, 0.2) is 0 Å². The second kappa shape index (κ2) is 5.07. The van der Waals surface area contributed by atoms with E-state index in [2.05, 4.69) is 0 Å². The molecule has 1 N–H and O–H groups in total. The largest absolute Gasteiger partial charge is 0.490 e. The summed E-state index contributed by atoms with van der Waals surface area (Å²) < 4.78 is 11.1. The topological polar surface area (TPSA) is 38.7 Å². The van der Waals surface area contributed by atoms with Crippen LogP contribution in [0.2, 0.25) is 0 Å². The lowest BCUT2D eigenvalue weighted by molar-refractivity contribution is -0.0857. The first-order chi connectivity index (χ1) is 8.11. The summed E-state index contributed by atoms with van der Waals surface area (Å²) in [6.45, 7) is 5.63. The van der Waals surface area contributed by atoms with Crippen LogP contribution in [0.15, 0.2) is 18.2 Å². The molecule has 2 rings (SSSR count). The molecule has 0 saturated carbocycles. The number of aliphatic hydroxyl groups is 1. The Balaban J connectivity index is 2.02. The zero-order valence-electron chi connectivity index (χ0n) is 10.5. The second-order valence-corrected chi connectivity index (χ2v) is 4.85. The van der Waals surface area contributed by atoms with Gasteiger partial charge in [0.1, 0.15) is 18.0 Å². The molecule has 1 aliphatic rings. The van der Waals surface area contributed by atoms with Crippen LogP contribution >= 0.6 is 0 Å². The van der Waals surface area contributed by atoms with Crippen molar-refractivity contribution in [3.05, 3.63) is 29.3 Å². The van der Waals surface area contributed by atoms with Gasteiger partial charge in [-0.1, -0.05) is 18.2 Å². The Hall–Kier alpha value is -1.06. The van der Waals surface area contributed by atoms with Gasteiger partial charge in [0, 0.05) is 26.1 Å². The minimum absolute atomic E-state index is 0.349. The highest BCUT2D eigenvalue weighted by Gasteiger charge is 2.30. The van der Waals surface area contributed by atoms with E-state index in [1.807, 2.05) is 32.0 Å². The zero-order chi connectivity index (χ0) is 12.3. The van der Waals surface area contributed by atoms with Crippen molar-refractivity contribution in [3.63, 3.8) is 0 Å². The van der Waals surface area contributed by atoms with Gasteiger partial charge in [0.25, 0.3) is 0 Å². The molecule has 3 heteroatoms. The number of hydrogen-bond donors (Lipinski definition) is 1. The van der Waals surface area contributed by atoms with Gasteiger partial charge in [-0.2, -0.15) is 0 Å². The molecule has 94 valence electrons. The predicted molar refractivity (Wildman–Crippen MR) is 66.4 cm³/mol. The molecule has 0 aromatic heterocycles. The molecule has 17 heavy (non-hydrogen) atoms. The van der Waals surface area contributed by atoms with Crippen molar-refractivity contribution in [2.45, 2.75) is 32.3 Å². The first-order valence-electron chi connectivity index (χ1n) is 6.10. The van der Waals surface area contributed by atoms with Gasteiger partial charge in [0.2, 0.25) is 0 Å². The van der Waals surface area contributed by atoms with Gasteiger partial charge in [-0.15, -0.1) is 0 Å². The molecule has 0 atom stereocenters. The number of benzene rings is 1. The van der Waals surface area contributed by atoms with Crippen molar-refractivity contribution < 1.29 is 14.6 Å². The molecular formula is C14H20O3. The normalized spacial score (nSPS) is 19.0. The highest BCUT2D eigenvalue weighted by molar-refractivity contribution is 5.39. The predicted octanol–water partition coefficient (Wildman–Crippen LogP) is 2.22. The molecule has 0 unspecified atom stereocenters. The molecule has 3 nitrogen and oxygen atoms in total. The van der Waals surface area contributed by atoms with Gasteiger partial charge in [-0.25, -0.2) is 0 Å². The smallest absolute Gasteiger partial charge is 0.125 e. The third-order valence-corrected chi connectivity index (χ3v) is 3.32. The molecule has 0 spiro atoms. The average Bonchev–Trinajstić information content (AvgIpc) is 2.29. The summed E-state index contributed by atoms with van der Waals surface area (Å²) in [5.41, 5.74) is 1.49. The zero-order valence-corrected chi connectivity index (χ0v) is 10.5. The van der Waals surface area contributed by atoms with Crippen molar-refractivity contribution in [2.24, 2.45) is 0 Å². The summed E-state index contributed by atoms with van der Waals surface area (Å²) in [5, 5.41) is 10.3. The summed E-state index contributed by atoms with van der Waals surface area (Å²) in [4.78, 5) is 0. The average molecular weight is 236 g/mol. The van der Waals surface area contributed by atoms with E-state index in [9.17, 15) is 5.11 Å². The van der Waals surface area contributed by atoms with Crippen molar-refractivity contribution in [1.29, 1.82) is 0 Å². The molecule has 0 amide bonds. The van der Waals surface area contributed by atoms with E-state index >= 15 is 0 Å². The van der Waals surface area contributed by atoms with E-state index in [0.29, 0.717) is 32.7 Å². The van der Waals surface area contributed by atoms with E-state index in [-0.39, 0.29) is 0 Å². The monoisotopic (exact) mass is 236 g/mol. The number of rotatable bonds is 3. The first-order valence-corrected chi connectivity index (χ1v) is 6.10. The van der Waals surface area contributed by atoms with Gasteiger partial charge in [0.05, 0.1) is 0 Å². The lowest BCUT2D eigenvalue weighted by Crippen LogP contribution is -2.41. The van der Waals surface area contributed by atoms with Gasteiger partial charge in [-0.05, 0) is 25.0 Å². The number of hydrogen-bond acceptors (Lipinski definition) is 3. The van der Waals surface area contributed by atoms with Crippen LogP contribution in [-0.4, -0.2) is 30.5 Å². The van der Waals surface area contributed by atoms with E-state index in [4.69, 9.17) is 9.47 Å². The van der Waals surface area contributed by atoms with E-state index in [0.717, 1.165) is 16.9 Å². The van der Waals surface area contributed by atoms with Crippen LogP contribution in [0.3, 0.4) is 0 Å². The fourth-order valence-electron chi connectivity index (χ4n) is 2.13. The number of para-hydroxylation sites is 1. The molecule has 0 radical (unpaired) electrons. The van der Waals surface area contributed by atoms with Gasteiger partial charge >= 0.3 is 0 Å². The molecule has 1 heterocycles. The maximum absolute atomic E-state index is 10.3. The number of aryl methyl sites for hydroxylation is 2. The fourth-order valence-corrected chi connectivity index (χ4v) is 2.13. The summed E-state index contributed by atoms with van der Waals surface area (Å²) in [5.74, 6) is 0.896. The molecule has 0 aliphatic carbocycles. The van der Waals surface area contributed by atoms with Crippen LogP contribution in [0.1, 0.15) is 24.0 Å². The van der Waals surface area contributed by atoms with Crippen LogP contribution in [0, 0.1) is 13.8 Å². The lowest BCUT2D eigenvalue weighted by atomic mass is 9.95. The molecule has 0 bridgehead atoms. The maximum atomic E-state index is 10.3. The van der Waals surface area contributed by atoms with Crippen LogP contribution in [0.4, 0.5) is 0 Å². The summed E-state index contributed by atoms with van der Waals surface area (Å²) >= 11 is 0. The van der Waals surface area contributed by atoms with Crippen LogP contribution in [0.25, 0.3) is 0 Å². The standard InChI is InChI=1S/C14H20O3/c1-11-4-3-5-12(2)13(11)17-10-14(15)6-8-16-9-7-14/h3-5,15H,6-10H2,1-2H3. The molecule has 1 fully saturated rings. The van der Waals surface area contributed by atoms with Crippen molar-refractivity contribution in [2.75, 3.05) is 19.8 Å². The van der Waals surface area contributed by atoms with Crippen molar-refractivity contribution >= 4 is 0 Å². The molecule has 1 saturated heterocycles. The van der Waals surface area contributed by atoms with E-state index in [1.54, 1.807) is 0 Å². The molecule has 1 aliphatic heterocycles. The van der Waals surface area contributed by atoms with E-state index in [1.165, 1.54) is 0 Å². The molecule has 1 aromatic rings. The number of ether oxygens (including phenoxy) is 2. The highest BCUT2D eigenvalue weighted by atomic mass is 16.5. The van der Waals surface area contributed by atoms with Gasteiger partial charge < -0.3 is 14.6 Å². The minimum Gasteiger partial charge on any atom is -0.490 e. The summed E-state index contributed by atoms with van der Waals surface area (Å²) in [6.07, 6.45) is 1.30. The quantitative estimate of drug-likeness (QED) is 0.874. The summed E-state index contributed by atoms with van der Waals surface area (Å²) in [6, 6.07) is 6.06. The fraction of sp³-hybridized carbons (Fsp3) is 0.571. The SMILES string of the molecule is Cc1cccc(C)c1OCC1(O)CCOCC1. The Kier molecular flexibility index (Phi) is 3.69. The first kappa shape index (κ1) is 12.4. The van der Waals surface area contributed by atoms with Crippen LogP contribution in [-0.2, 0) is 4.74 Å². The van der Waals surface area contributed by atoms with Crippen LogP contribution < -0.4 is 4.74 Å². The Morgan fingerprint density at radius 2 is 1.82 bits per heavy atom. The molecular weight excluding hydrogens is 216 g/mol. The second-order valence-electron chi connectivity index (χ2n) is 4.85. The Morgan fingerprint density at radius 3 is 2.41 bits per heavy atom.